The zero-order chi connectivity index (χ0) is 15.3. The number of esters is 1. The standard InChI is InChI=1S/C14H16F2O4/c1-4-20-14(18)10(8(2)17)5-9-6-12(16)13(19-3)7-11(9)15/h6-7,10H,4-5H2,1-3H3. The quantitative estimate of drug-likeness (QED) is 0.594. The van der Waals surface area contributed by atoms with E-state index in [1.54, 1.807) is 6.92 Å². The van der Waals surface area contributed by atoms with Crippen LogP contribution in [0.2, 0.25) is 0 Å². The maximum Gasteiger partial charge on any atom is 0.316 e. The summed E-state index contributed by atoms with van der Waals surface area (Å²) in [4.78, 5) is 23.1. The Balaban J connectivity index is 3.03. The Bertz CT molecular complexity index is 514. The van der Waals surface area contributed by atoms with E-state index in [1.807, 2.05) is 0 Å². The van der Waals surface area contributed by atoms with Crippen molar-refractivity contribution in [3.8, 4) is 5.75 Å². The van der Waals surface area contributed by atoms with E-state index < -0.39 is 29.3 Å². The van der Waals surface area contributed by atoms with Gasteiger partial charge in [0.25, 0.3) is 0 Å². The van der Waals surface area contributed by atoms with Crippen molar-refractivity contribution >= 4 is 11.8 Å². The molecule has 1 rings (SSSR count). The van der Waals surface area contributed by atoms with Gasteiger partial charge in [0.2, 0.25) is 0 Å². The number of Topliss-reactive ketones (excluding diaryl/α,β-unsaturated/α-hetero) is 1. The van der Waals surface area contributed by atoms with E-state index >= 15 is 0 Å². The highest BCUT2D eigenvalue weighted by molar-refractivity contribution is 5.98. The third-order valence-corrected chi connectivity index (χ3v) is 2.81. The van der Waals surface area contributed by atoms with Gasteiger partial charge in [0.15, 0.2) is 11.6 Å². The van der Waals surface area contributed by atoms with Gasteiger partial charge in [-0.3, -0.25) is 9.59 Å². The van der Waals surface area contributed by atoms with E-state index in [9.17, 15) is 18.4 Å². The Labute approximate surface area is 115 Å². The molecule has 0 spiro atoms. The van der Waals surface area contributed by atoms with Gasteiger partial charge >= 0.3 is 5.97 Å². The molecule has 1 aromatic rings. The van der Waals surface area contributed by atoms with Crippen molar-refractivity contribution in [2.24, 2.45) is 5.92 Å². The van der Waals surface area contributed by atoms with Crippen molar-refractivity contribution in [2.75, 3.05) is 13.7 Å². The van der Waals surface area contributed by atoms with Crippen LogP contribution in [-0.4, -0.2) is 25.5 Å². The van der Waals surface area contributed by atoms with Crippen LogP contribution < -0.4 is 4.74 Å². The molecule has 1 unspecified atom stereocenters. The Hall–Kier alpha value is -1.98. The fourth-order valence-electron chi connectivity index (χ4n) is 1.74. The van der Waals surface area contributed by atoms with Gasteiger partial charge in [0.05, 0.1) is 13.7 Å². The molecule has 0 aliphatic rings. The fourth-order valence-corrected chi connectivity index (χ4v) is 1.74. The molecule has 0 radical (unpaired) electrons. The van der Waals surface area contributed by atoms with Crippen molar-refractivity contribution in [1.29, 1.82) is 0 Å². The maximum absolute atomic E-state index is 13.8. The molecule has 110 valence electrons. The highest BCUT2D eigenvalue weighted by atomic mass is 19.1. The number of ether oxygens (including phenoxy) is 2. The Morgan fingerprint density at radius 3 is 2.40 bits per heavy atom. The molecule has 0 fully saturated rings. The van der Waals surface area contributed by atoms with Gasteiger partial charge in [-0.2, -0.15) is 0 Å². The number of halogens is 2. The van der Waals surface area contributed by atoms with Crippen molar-refractivity contribution in [3.63, 3.8) is 0 Å². The zero-order valence-corrected chi connectivity index (χ0v) is 11.5. The molecule has 0 N–H and O–H groups in total. The molecule has 0 amide bonds. The van der Waals surface area contributed by atoms with E-state index in [0.29, 0.717) is 0 Å². The molecule has 0 saturated carbocycles. The molecule has 0 bridgehead atoms. The predicted molar refractivity (Wildman–Crippen MR) is 67.4 cm³/mol. The maximum atomic E-state index is 13.8. The van der Waals surface area contributed by atoms with E-state index in [2.05, 4.69) is 4.74 Å². The van der Waals surface area contributed by atoms with Crippen molar-refractivity contribution in [3.05, 3.63) is 29.3 Å². The number of carbonyl (C=O) groups excluding carboxylic acids is 2. The first kappa shape index (κ1) is 16.1. The SMILES string of the molecule is CCOC(=O)C(Cc1cc(F)c(OC)cc1F)C(C)=O. The second-order valence-electron chi connectivity index (χ2n) is 4.20. The molecule has 20 heavy (non-hydrogen) atoms. The normalized spacial score (nSPS) is 11.8. The number of rotatable bonds is 6. The minimum Gasteiger partial charge on any atom is -0.494 e. The lowest BCUT2D eigenvalue weighted by atomic mass is 9.95. The van der Waals surface area contributed by atoms with E-state index in [-0.39, 0.29) is 24.3 Å². The fraction of sp³-hybridized carbons (Fsp3) is 0.429. The smallest absolute Gasteiger partial charge is 0.316 e. The van der Waals surface area contributed by atoms with E-state index in [4.69, 9.17) is 4.74 Å². The number of hydrogen-bond donors (Lipinski definition) is 0. The van der Waals surface area contributed by atoms with Gasteiger partial charge in [-0.05, 0) is 31.9 Å². The van der Waals surface area contributed by atoms with Crippen LogP contribution in [0, 0.1) is 17.6 Å². The molecule has 1 atom stereocenters. The molecular formula is C14H16F2O4. The van der Waals surface area contributed by atoms with Crippen LogP contribution in [0.15, 0.2) is 12.1 Å². The third-order valence-electron chi connectivity index (χ3n) is 2.81. The summed E-state index contributed by atoms with van der Waals surface area (Å²) >= 11 is 0. The molecule has 0 aliphatic carbocycles. The summed E-state index contributed by atoms with van der Waals surface area (Å²) in [5, 5.41) is 0. The lowest BCUT2D eigenvalue weighted by Crippen LogP contribution is -2.26. The summed E-state index contributed by atoms with van der Waals surface area (Å²) < 4.78 is 36.7. The van der Waals surface area contributed by atoms with Crippen molar-refractivity contribution in [2.45, 2.75) is 20.3 Å². The van der Waals surface area contributed by atoms with Gasteiger partial charge < -0.3 is 9.47 Å². The lowest BCUT2D eigenvalue weighted by molar-refractivity contribution is -0.151. The van der Waals surface area contributed by atoms with Crippen LogP contribution in [0.25, 0.3) is 0 Å². The highest BCUT2D eigenvalue weighted by Crippen LogP contribution is 2.23. The molecule has 6 heteroatoms. The third kappa shape index (κ3) is 3.76. The van der Waals surface area contributed by atoms with Gasteiger partial charge in [0.1, 0.15) is 17.5 Å². The van der Waals surface area contributed by atoms with Gasteiger partial charge in [0, 0.05) is 6.07 Å². The average Bonchev–Trinajstić information content (AvgIpc) is 2.38. The summed E-state index contributed by atoms with van der Waals surface area (Å²) in [6.07, 6.45) is -0.249. The average molecular weight is 286 g/mol. The summed E-state index contributed by atoms with van der Waals surface area (Å²) in [6.45, 7) is 2.92. The Morgan fingerprint density at radius 2 is 1.90 bits per heavy atom. The first-order valence-electron chi connectivity index (χ1n) is 6.09. The molecule has 0 aromatic heterocycles. The molecular weight excluding hydrogens is 270 g/mol. The van der Waals surface area contributed by atoms with Crippen LogP contribution in [0.4, 0.5) is 8.78 Å². The van der Waals surface area contributed by atoms with Gasteiger partial charge in [-0.25, -0.2) is 8.78 Å². The Kier molecular flexibility index (Phi) is 5.61. The molecule has 1 aromatic carbocycles. The largest absolute Gasteiger partial charge is 0.494 e. The summed E-state index contributed by atoms with van der Waals surface area (Å²) in [6, 6.07) is 1.80. The van der Waals surface area contributed by atoms with Gasteiger partial charge in [-0.1, -0.05) is 0 Å². The second kappa shape index (κ2) is 6.98. The van der Waals surface area contributed by atoms with Crippen LogP contribution >= 0.6 is 0 Å². The number of benzene rings is 1. The lowest BCUT2D eigenvalue weighted by Gasteiger charge is -2.14. The zero-order valence-electron chi connectivity index (χ0n) is 11.5. The minimum absolute atomic E-state index is 0.0726. The first-order valence-corrected chi connectivity index (χ1v) is 6.09. The Morgan fingerprint density at radius 1 is 1.25 bits per heavy atom. The molecule has 4 nitrogen and oxygen atoms in total. The van der Waals surface area contributed by atoms with Crippen molar-refractivity contribution in [1.82, 2.24) is 0 Å². The highest BCUT2D eigenvalue weighted by Gasteiger charge is 2.26. The topological polar surface area (TPSA) is 52.6 Å². The number of carbonyl (C=O) groups is 2. The van der Waals surface area contributed by atoms with Crippen LogP contribution in [0.1, 0.15) is 19.4 Å². The van der Waals surface area contributed by atoms with Crippen LogP contribution in [0.5, 0.6) is 5.75 Å². The number of hydrogen-bond acceptors (Lipinski definition) is 4. The van der Waals surface area contributed by atoms with Crippen LogP contribution in [0.3, 0.4) is 0 Å². The van der Waals surface area contributed by atoms with E-state index in [0.717, 1.165) is 12.1 Å². The number of methoxy groups -OCH3 is 1. The monoisotopic (exact) mass is 286 g/mol. The van der Waals surface area contributed by atoms with Crippen molar-refractivity contribution < 1.29 is 27.8 Å². The summed E-state index contributed by atoms with van der Waals surface area (Å²) in [5.41, 5.74) is -0.0726. The minimum atomic E-state index is -1.14. The number of ketones is 1. The van der Waals surface area contributed by atoms with E-state index in [1.165, 1.54) is 14.0 Å². The summed E-state index contributed by atoms with van der Waals surface area (Å²) in [5.74, 6) is -4.07. The summed E-state index contributed by atoms with van der Waals surface area (Å²) in [7, 11) is 1.22. The molecule has 0 heterocycles. The predicted octanol–water partition coefficient (Wildman–Crippen LogP) is 2.28. The second-order valence-corrected chi connectivity index (χ2v) is 4.20. The van der Waals surface area contributed by atoms with Gasteiger partial charge in [-0.15, -0.1) is 0 Å². The molecule has 0 aliphatic heterocycles. The first-order chi connectivity index (χ1) is 9.40. The van der Waals surface area contributed by atoms with Crippen LogP contribution in [-0.2, 0) is 20.7 Å². The molecule has 0 saturated heterocycles.